The Balaban J connectivity index is 1.55. The van der Waals surface area contributed by atoms with Gasteiger partial charge in [-0.1, -0.05) is 0 Å². The van der Waals surface area contributed by atoms with Gasteiger partial charge in [-0.3, -0.25) is 9.59 Å². The summed E-state index contributed by atoms with van der Waals surface area (Å²) in [4.78, 5) is 23.5. The van der Waals surface area contributed by atoms with Gasteiger partial charge in [0.2, 0.25) is 0 Å². The summed E-state index contributed by atoms with van der Waals surface area (Å²) in [7, 11) is 0. The van der Waals surface area contributed by atoms with Crippen LogP contribution < -0.4 is 16.4 Å². The zero-order valence-corrected chi connectivity index (χ0v) is 12.0. The van der Waals surface area contributed by atoms with Crippen LogP contribution in [0, 0.1) is 5.92 Å². The number of nitrogens with two attached hydrogens (primary N) is 1. The third-order valence-electron chi connectivity index (χ3n) is 4.67. The summed E-state index contributed by atoms with van der Waals surface area (Å²) < 4.78 is 5.32. The number of benzene rings is 1. The zero-order valence-electron chi connectivity index (χ0n) is 12.0. The lowest BCUT2D eigenvalue weighted by molar-refractivity contribution is 0.0927. The normalized spacial score (nSPS) is 26.5. The lowest BCUT2D eigenvalue weighted by Gasteiger charge is -2.23. The highest BCUT2D eigenvalue weighted by atomic mass is 16.3. The molecule has 1 aromatic heterocycles. The van der Waals surface area contributed by atoms with Gasteiger partial charge in [0.05, 0.1) is 0 Å². The quantitative estimate of drug-likeness (QED) is 0.788. The van der Waals surface area contributed by atoms with Crippen LogP contribution >= 0.6 is 0 Å². The number of primary amides is 1. The van der Waals surface area contributed by atoms with Gasteiger partial charge in [0.25, 0.3) is 11.8 Å². The van der Waals surface area contributed by atoms with E-state index in [1.165, 1.54) is 0 Å². The molecule has 6 heteroatoms. The first-order chi connectivity index (χ1) is 10.6. The number of furan rings is 1. The lowest BCUT2D eigenvalue weighted by Crippen LogP contribution is -2.47. The molecule has 4 N–H and O–H groups in total. The summed E-state index contributed by atoms with van der Waals surface area (Å²) >= 11 is 0. The van der Waals surface area contributed by atoms with Crippen molar-refractivity contribution in [1.82, 2.24) is 10.6 Å². The Bertz CT molecular complexity index is 767. The average molecular weight is 299 g/mol. The van der Waals surface area contributed by atoms with Crippen LogP contribution in [0.2, 0.25) is 0 Å². The number of hydrogen-bond acceptors (Lipinski definition) is 4. The average Bonchev–Trinajstić information content (AvgIpc) is 3.20. The van der Waals surface area contributed by atoms with Crippen LogP contribution in [-0.2, 0) is 0 Å². The van der Waals surface area contributed by atoms with E-state index in [0.29, 0.717) is 28.5 Å². The molecule has 114 valence electrons. The second-order valence-electron chi connectivity index (χ2n) is 6.16. The Morgan fingerprint density at radius 2 is 2.14 bits per heavy atom. The maximum atomic E-state index is 12.4. The van der Waals surface area contributed by atoms with Gasteiger partial charge in [-0.15, -0.1) is 0 Å². The molecule has 1 aliphatic carbocycles. The van der Waals surface area contributed by atoms with E-state index in [2.05, 4.69) is 10.6 Å². The molecule has 2 bridgehead atoms. The van der Waals surface area contributed by atoms with Crippen molar-refractivity contribution in [2.45, 2.75) is 24.9 Å². The number of piperidine rings is 1. The minimum Gasteiger partial charge on any atom is -0.451 e. The molecule has 1 saturated heterocycles. The van der Waals surface area contributed by atoms with Gasteiger partial charge < -0.3 is 20.8 Å². The fraction of sp³-hybridized carbons (Fsp3) is 0.375. The Labute approximate surface area is 127 Å². The second kappa shape index (κ2) is 4.84. The molecule has 3 unspecified atom stereocenters. The number of amides is 2. The minimum absolute atomic E-state index is 0.0944. The van der Waals surface area contributed by atoms with Gasteiger partial charge in [-0.25, -0.2) is 0 Å². The predicted molar refractivity (Wildman–Crippen MR) is 80.5 cm³/mol. The van der Waals surface area contributed by atoms with Gasteiger partial charge in [-0.05, 0) is 49.6 Å². The fourth-order valence-electron chi connectivity index (χ4n) is 3.57. The molecule has 22 heavy (non-hydrogen) atoms. The van der Waals surface area contributed by atoms with Gasteiger partial charge in [0.15, 0.2) is 5.76 Å². The van der Waals surface area contributed by atoms with Crippen molar-refractivity contribution in [2.24, 2.45) is 11.7 Å². The van der Waals surface area contributed by atoms with E-state index in [9.17, 15) is 9.59 Å². The van der Waals surface area contributed by atoms with Crippen LogP contribution in [0.5, 0.6) is 0 Å². The molecule has 2 heterocycles. The van der Waals surface area contributed by atoms with E-state index in [-0.39, 0.29) is 17.7 Å². The molecule has 1 aromatic carbocycles. The maximum Gasteiger partial charge on any atom is 0.284 e. The third kappa shape index (κ3) is 2.16. The number of carbonyl (C=O) groups is 2. The Kier molecular flexibility index (Phi) is 2.94. The highest BCUT2D eigenvalue weighted by Gasteiger charge is 2.40. The van der Waals surface area contributed by atoms with Crippen molar-refractivity contribution in [2.75, 3.05) is 6.54 Å². The summed E-state index contributed by atoms with van der Waals surface area (Å²) in [5.74, 6) is 0.0768. The summed E-state index contributed by atoms with van der Waals surface area (Å²) in [5, 5.41) is 7.23. The van der Waals surface area contributed by atoms with Crippen LogP contribution in [0.3, 0.4) is 0 Å². The third-order valence-corrected chi connectivity index (χ3v) is 4.67. The molecule has 3 atom stereocenters. The van der Waals surface area contributed by atoms with Crippen molar-refractivity contribution in [3.63, 3.8) is 0 Å². The van der Waals surface area contributed by atoms with E-state index in [4.69, 9.17) is 10.2 Å². The van der Waals surface area contributed by atoms with Crippen molar-refractivity contribution in [3.8, 4) is 0 Å². The first-order valence-corrected chi connectivity index (χ1v) is 7.48. The highest BCUT2D eigenvalue weighted by Crippen LogP contribution is 2.31. The number of carbonyl (C=O) groups excluding carboxylic acids is 2. The Morgan fingerprint density at radius 3 is 2.82 bits per heavy atom. The Hall–Kier alpha value is -2.34. The number of nitrogens with one attached hydrogen (secondary N) is 2. The molecular weight excluding hydrogens is 282 g/mol. The molecule has 0 spiro atoms. The standard InChI is InChI=1S/C16H17N3O3/c17-15(20)14-6-10-5-9(1-2-13(10)22-14)16(21)19-12-4-8-3-11(12)18-7-8/h1-2,5-6,8,11-12,18H,3-4,7H2,(H2,17,20)(H,19,21). The molecule has 2 fully saturated rings. The van der Waals surface area contributed by atoms with E-state index in [1.54, 1.807) is 24.3 Å². The smallest absolute Gasteiger partial charge is 0.284 e. The first kappa shape index (κ1) is 13.3. The molecule has 2 aromatic rings. The van der Waals surface area contributed by atoms with Gasteiger partial charge >= 0.3 is 0 Å². The molecule has 1 aliphatic heterocycles. The molecular formula is C16H17N3O3. The van der Waals surface area contributed by atoms with Crippen LogP contribution in [0.15, 0.2) is 28.7 Å². The van der Waals surface area contributed by atoms with E-state index in [0.717, 1.165) is 19.4 Å². The molecule has 6 nitrogen and oxygen atoms in total. The predicted octanol–water partition coefficient (Wildman–Crippen LogP) is 1.01. The lowest BCUT2D eigenvalue weighted by atomic mass is 10.1. The SMILES string of the molecule is NC(=O)c1cc2cc(C(=O)NC3CC4CNC3C4)ccc2o1. The number of hydrogen-bond donors (Lipinski definition) is 3. The van der Waals surface area contributed by atoms with Crippen molar-refractivity contribution >= 4 is 22.8 Å². The van der Waals surface area contributed by atoms with E-state index < -0.39 is 5.91 Å². The highest BCUT2D eigenvalue weighted by molar-refractivity contribution is 6.00. The van der Waals surface area contributed by atoms with Gasteiger partial charge in [0, 0.05) is 23.0 Å². The topological polar surface area (TPSA) is 97.4 Å². The largest absolute Gasteiger partial charge is 0.451 e. The van der Waals surface area contributed by atoms with E-state index >= 15 is 0 Å². The summed E-state index contributed by atoms with van der Waals surface area (Å²) in [6, 6.07) is 7.28. The molecule has 2 amide bonds. The van der Waals surface area contributed by atoms with Crippen LogP contribution in [0.25, 0.3) is 11.0 Å². The maximum absolute atomic E-state index is 12.4. The summed E-state index contributed by atoms with van der Waals surface area (Å²) in [6.07, 6.45) is 2.19. The molecule has 1 saturated carbocycles. The van der Waals surface area contributed by atoms with E-state index in [1.807, 2.05) is 0 Å². The summed E-state index contributed by atoms with van der Waals surface area (Å²) in [6.45, 7) is 1.06. The van der Waals surface area contributed by atoms with Gasteiger partial charge in [-0.2, -0.15) is 0 Å². The molecule has 2 aliphatic rings. The fourth-order valence-corrected chi connectivity index (χ4v) is 3.57. The molecule has 4 rings (SSSR count). The Morgan fingerprint density at radius 1 is 1.27 bits per heavy atom. The second-order valence-corrected chi connectivity index (χ2v) is 6.16. The zero-order chi connectivity index (χ0) is 15.3. The van der Waals surface area contributed by atoms with Gasteiger partial charge in [0.1, 0.15) is 5.58 Å². The first-order valence-electron chi connectivity index (χ1n) is 7.48. The van der Waals surface area contributed by atoms with Crippen molar-refractivity contribution < 1.29 is 14.0 Å². The summed E-state index contributed by atoms with van der Waals surface area (Å²) in [5.41, 5.74) is 6.31. The van der Waals surface area contributed by atoms with Crippen molar-refractivity contribution in [1.29, 1.82) is 0 Å². The van der Waals surface area contributed by atoms with Crippen LogP contribution in [0.1, 0.15) is 33.8 Å². The molecule has 0 radical (unpaired) electrons. The number of fused-ring (bicyclic) bond motifs is 3. The minimum atomic E-state index is -0.616. The van der Waals surface area contributed by atoms with Crippen molar-refractivity contribution in [3.05, 3.63) is 35.6 Å². The van der Waals surface area contributed by atoms with Crippen LogP contribution in [-0.4, -0.2) is 30.4 Å². The number of rotatable bonds is 3. The van der Waals surface area contributed by atoms with Crippen LogP contribution in [0.4, 0.5) is 0 Å². The monoisotopic (exact) mass is 299 g/mol.